The molecule has 0 radical (unpaired) electrons. The molecule has 7 heteroatoms. The molecule has 0 aliphatic carbocycles. The number of aryl methyl sites for hydroxylation is 2. The number of nitrogens with one attached hydrogen (secondary N) is 1. The Balaban J connectivity index is 1.79. The third-order valence-corrected chi connectivity index (χ3v) is 3.42. The predicted molar refractivity (Wildman–Crippen MR) is 79.1 cm³/mol. The Hall–Kier alpha value is -2.70. The summed E-state index contributed by atoms with van der Waals surface area (Å²) in [5, 5.41) is 14.7. The van der Waals surface area contributed by atoms with Crippen LogP contribution in [0, 0.1) is 6.92 Å². The fourth-order valence-electron chi connectivity index (χ4n) is 2.21. The normalized spacial score (nSPS) is 10.8. The lowest BCUT2D eigenvalue weighted by Gasteiger charge is -2.11. The van der Waals surface area contributed by atoms with Gasteiger partial charge < -0.3 is 9.88 Å². The molecule has 21 heavy (non-hydrogen) atoms. The Kier molecular flexibility index (Phi) is 3.63. The van der Waals surface area contributed by atoms with E-state index in [9.17, 15) is 0 Å². The average Bonchev–Trinajstić information content (AvgIpc) is 3.17. The van der Waals surface area contributed by atoms with E-state index in [0.29, 0.717) is 0 Å². The van der Waals surface area contributed by atoms with E-state index in [1.807, 2.05) is 25.5 Å². The van der Waals surface area contributed by atoms with Crippen molar-refractivity contribution in [1.29, 1.82) is 0 Å². The van der Waals surface area contributed by atoms with Crippen LogP contribution in [0.25, 0.3) is 5.69 Å². The summed E-state index contributed by atoms with van der Waals surface area (Å²) < 4.78 is 3.78. The Morgan fingerprint density at radius 1 is 1.24 bits per heavy atom. The van der Waals surface area contributed by atoms with E-state index in [2.05, 4.69) is 49.4 Å². The number of hydrogen-bond acceptors (Lipinski definition) is 5. The third kappa shape index (κ3) is 2.76. The molecule has 0 aliphatic heterocycles. The molecule has 0 saturated carbocycles. The summed E-state index contributed by atoms with van der Waals surface area (Å²) in [6.07, 6.45) is 5.32. The van der Waals surface area contributed by atoms with E-state index in [-0.39, 0.29) is 0 Å². The van der Waals surface area contributed by atoms with Crippen LogP contribution in [0.3, 0.4) is 0 Å². The predicted octanol–water partition coefficient (Wildman–Crippen LogP) is 1.80. The maximum atomic E-state index is 4.17. The van der Waals surface area contributed by atoms with Crippen LogP contribution in [0.1, 0.15) is 18.2 Å². The highest BCUT2D eigenvalue weighted by Gasteiger charge is 2.05. The molecule has 3 rings (SSSR count). The molecule has 0 aliphatic rings. The van der Waals surface area contributed by atoms with Crippen LogP contribution in [-0.2, 0) is 13.1 Å². The number of hydrogen-bond donors (Lipinski definition) is 1. The quantitative estimate of drug-likeness (QED) is 0.773. The number of rotatable bonds is 5. The van der Waals surface area contributed by atoms with Crippen molar-refractivity contribution < 1.29 is 0 Å². The zero-order valence-corrected chi connectivity index (χ0v) is 12.1. The Labute approximate surface area is 122 Å². The second-order valence-electron chi connectivity index (χ2n) is 4.78. The van der Waals surface area contributed by atoms with Gasteiger partial charge in [-0.25, -0.2) is 9.67 Å². The molecule has 2 aromatic heterocycles. The van der Waals surface area contributed by atoms with Gasteiger partial charge in [0.25, 0.3) is 0 Å². The number of imidazole rings is 1. The molecule has 0 saturated heterocycles. The lowest BCUT2D eigenvalue weighted by molar-refractivity contribution is 0.719. The monoisotopic (exact) mass is 283 g/mol. The maximum Gasteiger partial charge on any atom is 0.143 e. The van der Waals surface area contributed by atoms with Crippen molar-refractivity contribution in [3.63, 3.8) is 0 Å². The van der Waals surface area contributed by atoms with Gasteiger partial charge in [0.1, 0.15) is 6.33 Å². The SMILES string of the molecule is CCn1cncc1CNc1ccc(C)c(-n2cnnn2)c1. The number of anilines is 1. The highest BCUT2D eigenvalue weighted by Crippen LogP contribution is 2.18. The van der Waals surface area contributed by atoms with E-state index in [1.165, 1.54) is 0 Å². The summed E-state index contributed by atoms with van der Waals surface area (Å²) in [5.74, 6) is 0. The van der Waals surface area contributed by atoms with Crippen LogP contribution in [0.2, 0.25) is 0 Å². The van der Waals surface area contributed by atoms with E-state index in [4.69, 9.17) is 0 Å². The molecular weight excluding hydrogens is 266 g/mol. The number of benzene rings is 1. The first kappa shape index (κ1) is 13.3. The second kappa shape index (κ2) is 5.74. The first-order valence-corrected chi connectivity index (χ1v) is 6.85. The van der Waals surface area contributed by atoms with Crippen LogP contribution in [-0.4, -0.2) is 29.8 Å². The number of nitrogens with zero attached hydrogens (tertiary/aromatic N) is 6. The number of aromatic nitrogens is 6. The smallest absolute Gasteiger partial charge is 0.143 e. The Morgan fingerprint density at radius 2 is 2.14 bits per heavy atom. The zero-order valence-electron chi connectivity index (χ0n) is 12.1. The van der Waals surface area contributed by atoms with Crippen molar-refractivity contribution in [2.75, 3.05) is 5.32 Å². The van der Waals surface area contributed by atoms with Crippen LogP contribution in [0.4, 0.5) is 5.69 Å². The van der Waals surface area contributed by atoms with Gasteiger partial charge in [0.15, 0.2) is 0 Å². The third-order valence-electron chi connectivity index (χ3n) is 3.42. The van der Waals surface area contributed by atoms with Crippen molar-refractivity contribution in [2.24, 2.45) is 0 Å². The second-order valence-corrected chi connectivity index (χ2v) is 4.78. The van der Waals surface area contributed by atoms with Gasteiger partial charge in [-0.05, 0) is 42.0 Å². The fourth-order valence-corrected chi connectivity index (χ4v) is 2.21. The molecule has 3 aromatic rings. The molecule has 0 amide bonds. The van der Waals surface area contributed by atoms with Gasteiger partial charge in [0.05, 0.1) is 24.3 Å². The molecule has 0 atom stereocenters. The zero-order chi connectivity index (χ0) is 14.7. The molecule has 1 aromatic carbocycles. The molecule has 108 valence electrons. The summed E-state index contributed by atoms with van der Waals surface area (Å²) in [4.78, 5) is 4.17. The first-order valence-electron chi connectivity index (χ1n) is 6.85. The molecule has 0 spiro atoms. The molecule has 0 fully saturated rings. The maximum absolute atomic E-state index is 4.17. The lowest BCUT2D eigenvalue weighted by Crippen LogP contribution is -2.07. The molecule has 7 nitrogen and oxygen atoms in total. The Bertz CT molecular complexity index is 715. The van der Waals surface area contributed by atoms with Crippen molar-refractivity contribution in [1.82, 2.24) is 29.8 Å². The topological polar surface area (TPSA) is 73.5 Å². The minimum absolute atomic E-state index is 0.728. The molecular formula is C14H17N7. The van der Waals surface area contributed by atoms with E-state index >= 15 is 0 Å². The Morgan fingerprint density at radius 3 is 2.90 bits per heavy atom. The van der Waals surface area contributed by atoms with Gasteiger partial charge >= 0.3 is 0 Å². The molecule has 0 unspecified atom stereocenters. The van der Waals surface area contributed by atoms with Gasteiger partial charge in [-0.15, -0.1) is 5.10 Å². The van der Waals surface area contributed by atoms with Crippen LogP contribution >= 0.6 is 0 Å². The largest absolute Gasteiger partial charge is 0.379 e. The van der Waals surface area contributed by atoms with Gasteiger partial charge in [-0.2, -0.15) is 0 Å². The van der Waals surface area contributed by atoms with Crippen molar-refractivity contribution in [2.45, 2.75) is 26.9 Å². The number of tetrazole rings is 1. The van der Waals surface area contributed by atoms with Crippen LogP contribution in [0.5, 0.6) is 0 Å². The summed E-state index contributed by atoms with van der Waals surface area (Å²) in [6.45, 7) is 5.78. The van der Waals surface area contributed by atoms with E-state index < -0.39 is 0 Å². The van der Waals surface area contributed by atoms with E-state index in [1.54, 1.807) is 11.0 Å². The minimum atomic E-state index is 0.728. The summed E-state index contributed by atoms with van der Waals surface area (Å²) in [7, 11) is 0. The lowest BCUT2D eigenvalue weighted by atomic mass is 10.2. The molecule has 2 heterocycles. The van der Waals surface area contributed by atoms with Gasteiger partial charge in [0, 0.05) is 18.4 Å². The van der Waals surface area contributed by atoms with Gasteiger partial charge in [-0.3, -0.25) is 0 Å². The van der Waals surface area contributed by atoms with Crippen LogP contribution < -0.4 is 5.32 Å². The first-order chi connectivity index (χ1) is 10.3. The highest BCUT2D eigenvalue weighted by molar-refractivity contribution is 5.54. The minimum Gasteiger partial charge on any atom is -0.379 e. The van der Waals surface area contributed by atoms with Gasteiger partial charge in [0.2, 0.25) is 0 Å². The standard InChI is InChI=1S/C14H17N7/c1-3-20-9-15-7-13(20)8-16-12-5-4-11(2)14(6-12)21-10-17-18-19-21/h4-7,9-10,16H,3,8H2,1-2H3. The van der Waals surface area contributed by atoms with Crippen molar-refractivity contribution in [3.8, 4) is 5.69 Å². The molecule has 0 bridgehead atoms. The van der Waals surface area contributed by atoms with Gasteiger partial charge in [-0.1, -0.05) is 6.07 Å². The van der Waals surface area contributed by atoms with Crippen LogP contribution in [0.15, 0.2) is 37.1 Å². The highest BCUT2D eigenvalue weighted by atomic mass is 15.5. The van der Waals surface area contributed by atoms with E-state index in [0.717, 1.165) is 35.7 Å². The summed E-state index contributed by atoms with van der Waals surface area (Å²) in [5.41, 5.74) is 4.26. The van der Waals surface area contributed by atoms with Crippen molar-refractivity contribution >= 4 is 5.69 Å². The average molecular weight is 283 g/mol. The summed E-state index contributed by atoms with van der Waals surface area (Å²) >= 11 is 0. The molecule has 1 N–H and O–H groups in total. The summed E-state index contributed by atoms with van der Waals surface area (Å²) in [6, 6.07) is 6.14. The fraction of sp³-hybridized carbons (Fsp3) is 0.286. The van der Waals surface area contributed by atoms with Crippen molar-refractivity contribution in [3.05, 3.63) is 48.3 Å².